The van der Waals surface area contributed by atoms with Crippen LogP contribution in [0.4, 0.5) is 0 Å². The van der Waals surface area contributed by atoms with Crippen LogP contribution in [0, 0.1) is 6.92 Å². The fourth-order valence-electron chi connectivity index (χ4n) is 1.67. The van der Waals surface area contributed by atoms with Gasteiger partial charge in [0.25, 0.3) is 0 Å². The lowest BCUT2D eigenvalue weighted by Crippen LogP contribution is -2.34. The maximum Gasteiger partial charge on any atom is 0.176 e. The van der Waals surface area contributed by atoms with E-state index in [0.29, 0.717) is 18.7 Å². The van der Waals surface area contributed by atoms with Gasteiger partial charge in [-0.1, -0.05) is 23.8 Å². The third-order valence-corrected chi connectivity index (χ3v) is 2.54. The van der Waals surface area contributed by atoms with Gasteiger partial charge in [-0.3, -0.25) is 9.69 Å². The predicted molar refractivity (Wildman–Crippen MR) is 66.1 cm³/mol. The second-order valence-electron chi connectivity index (χ2n) is 4.02. The average Bonchev–Trinajstić information content (AvgIpc) is 2.29. The van der Waals surface area contributed by atoms with Gasteiger partial charge in [-0.15, -0.1) is 0 Å². The summed E-state index contributed by atoms with van der Waals surface area (Å²) in [5.74, 6) is 0.00981. The summed E-state index contributed by atoms with van der Waals surface area (Å²) in [6, 6.07) is 7.42. The first-order valence-electron chi connectivity index (χ1n) is 5.71. The molecule has 1 aromatic rings. The number of benzene rings is 1. The number of nitrogens with zero attached hydrogens (tertiary/aromatic N) is 1. The molecule has 0 heterocycles. The van der Waals surface area contributed by atoms with Gasteiger partial charge in [-0.2, -0.15) is 0 Å². The second kappa shape index (κ2) is 7.17. The van der Waals surface area contributed by atoms with Crippen molar-refractivity contribution < 1.29 is 15.0 Å². The van der Waals surface area contributed by atoms with Gasteiger partial charge >= 0.3 is 0 Å². The Hall–Kier alpha value is -1.23. The van der Waals surface area contributed by atoms with E-state index in [1.54, 1.807) is 11.0 Å². The molecule has 0 amide bonds. The summed E-state index contributed by atoms with van der Waals surface area (Å²) < 4.78 is 0. The molecule has 4 heteroatoms. The zero-order valence-electron chi connectivity index (χ0n) is 10.1. The number of aliphatic hydroxyl groups is 2. The van der Waals surface area contributed by atoms with Gasteiger partial charge in [0.05, 0.1) is 19.8 Å². The maximum atomic E-state index is 12.0. The Morgan fingerprint density at radius 1 is 1.24 bits per heavy atom. The summed E-state index contributed by atoms with van der Waals surface area (Å²) in [6.45, 7) is 2.94. The normalized spacial score (nSPS) is 10.8. The van der Waals surface area contributed by atoms with E-state index in [2.05, 4.69) is 0 Å². The molecule has 0 spiro atoms. The number of carbonyl (C=O) groups is 1. The van der Waals surface area contributed by atoms with Gasteiger partial charge in [0, 0.05) is 18.7 Å². The van der Waals surface area contributed by atoms with Crippen LogP contribution >= 0.6 is 0 Å². The lowest BCUT2D eigenvalue weighted by Gasteiger charge is -2.19. The minimum Gasteiger partial charge on any atom is -0.395 e. The Morgan fingerprint density at radius 2 is 1.88 bits per heavy atom. The van der Waals surface area contributed by atoms with Crippen molar-refractivity contribution in [2.45, 2.75) is 6.92 Å². The van der Waals surface area contributed by atoms with E-state index in [-0.39, 0.29) is 25.5 Å². The van der Waals surface area contributed by atoms with Crippen molar-refractivity contribution in [1.82, 2.24) is 4.90 Å². The molecule has 0 fully saturated rings. The number of Topliss-reactive ketones (excluding diaryl/α,β-unsaturated/α-hetero) is 1. The quantitative estimate of drug-likeness (QED) is 0.677. The van der Waals surface area contributed by atoms with Crippen LogP contribution in [0.1, 0.15) is 15.9 Å². The van der Waals surface area contributed by atoms with Crippen molar-refractivity contribution in [3.63, 3.8) is 0 Å². The van der Waals surface area contributed by atoms with E-state index in [0.717, 1.165) is 5.56 Å². The number of hydrogen-bond donors (Lipinski definition) is 2. The fraction of sp³-hybridized carbons (Fsp3) is 0.462. The van der Waals surface area contributed by atoms with Gasteiger partial charge in [0.1, 0.15) is 0 Å². The lowest BCUT2D eigenvalue weighted by molar-refractivity contribution is 0.0894. The smallest absolute Gasteiger partial charge is 0.176 e. The van der Waals surface area contributed by atoms with Crippen molar-refractivity contribution in [2.75, 3.05) is 32.8 Å². The van der Waals surface area contributed by atoms with Gasteiger partial charge in [0.15, 0.2) is 5.78 Å². The molecule has 2 N–H and O–H groups in total. The van der Waals surface area contributed by atoms with E-state index >= 15 is 0 Å². The number of hydrogen-bond acceptors (Lipinski definition) is 4. The third-order valence-electron chi connectivity index (χ3n) is 2.54. The second-order valence-corrected chi connectivity index (χ2v) is 4.02. The first kappa shape index (κ1) is 13.8. The summed E-state index contributed by atoms with van der Waals surface area (Å²) in [5.41, 5.74) is 1.72. The van der Waals surface area contributed by atoms with Crippen LogP contribution in [-0.4, -0.2) is 53.7 Å². The summed E-state index contributed by atoms with van der Waals surface area (Å²) in [4.78, 5) is 13.7. The Labute approximate surface area is 101 Å². The molecule has 0 aliphatic heterocycles. The Morgan fingerprint density at radius 3 is 2.41 bits per heavy atom. The van der Waals surface area contributed by atoms with Crippen LogP contribution in [0.15, 0.2) is 24.3 Å². The van der Waals surface area contributed by atoms with E-state index < -0.39 is 0 Å². The molecule has 1 aromatic carbocycles. The molecule has 0 aromatic heterocycles. The van der Waals surface area contributed by atoms with Crippen molar-refractivity contribution in [1.29, 1.82) is 0 Å². The van der Waals surface area contributed by atoms with Crippen LogP contribution in [0.3, 0.4) is 0 Å². The number of carbonyl (C=O) groups excluding carboxylic acids is 1. The van der Waals surface area contributed by atoms with E-state index in [9.17, 15) is 4.79 Å². The Bertz CT molecular complexity index is 359. The molecular formula is C13H19NO3. The molecule has 1 rings (SSSR count). The topological polar surface area (TPSA) is 60.8 Å². The van der Waals surface area contributed by atoms with E-state index in [1.807, 2.05) is 25.1 Å². The minimum absolute atomic E-state index is 0.00981. The molecular weight excluding hydrogens is 218 g/mol. The standard InChI is InChI=1S/C13H19NO3/c1-11-3-2-4-12(9-11)13(17)10-14(5-7-15)6-8-16/h2-4,9,15-16H,5-8,10H2,1H3. The number of rotatable bonds is 7. The van der Waals surface area contributed by atoms with Crippen LogP contribution in [0.5, 0.6) is 0 Å². The van der Waals surface area contributed by atoms with Crippen LogP contribution in [0.25, 0.3) is 0 Å². The highest BCUT2D eigenvalue weighted by Gasteiger charge is 2.11. The van der Waals surface area contributed by atoms with Crippen molar-refractivity contribution in [2.24, 2.45) is 0 Å². The Balaban J connectivity index is 2.63. The summed E-state index contributed by atoms with van der Waals surface area (Å²) in [6.07, 6.45) is 0. The third kappa shape index (κ3) is 4.65. The number of ketones is 1. The number of aliphatic hydroxyl groups excluding tert-OH is 2. The van der Waals surface area contributed by atoms with E-state index in [1.165, 1.54) is 0 Å². The minimum atomic E-state index is -0.0128. The zero-order chi connectivity index (χ0) is 12.7. The number of aryl methyl sites for hydroxylation is 1. The zero-order valence-corrected chi connectivity index (χ0v) is 10.1. The van der Waals surface area contributed by atoms with Crippen molar-refractivity contribution in [3.05, 3.63) is 35.4 Å². The highest BCUT2D eigenvalue weighted by molar-refractivity contribution is 5.97. The fourth-order valence-corrected chi connectivity index (χ4v) is 1.67. The molecule has 0 saturated carbocycles. The molecule has 94 valence electrons. The van der Waals surface area contributed by atoms with Crippen LogP contribution in [-0.2, 0) is 0 Å². The van der Waals surface area contributed by atoms with Crippen molar-refractivity contribution >= 4 is 5.78 Å². The predicted octanol–water partition coefficient (Wildman–Crippen LogP) is 0.464. The molecule has 0 atom stereocenters. The average molecular weight is 237 g/mol. The Kier molecular flexibility index (Phi) is 5.83. The highest BCUT2D eigenvalue weighted by Crippen LogP contribution is 2.05. The summed E-state index contributed by atoms with van der Waals surface area (Å²) in [7, 11) is 0. The maximum absolute atomic E-state index is 12.0. The first-order valence-corrected chi connectivity index (χ1v) is 5.71. The van der Waals surface area contributed by atoms with Crippen LogP contribution in [0.2, 0.25) is 0 Å². The van der Waals surface area contributed by atoms with Gasteiger partial charge in [0.2, 0.25) is 0 Å². The first-order chi connectivity index (χ1) is 8.17. The van der Waals surface area contributed by atoms with Gasteiger partial charge in [-0.25, -0.2) is 0 Å². The summed E-state index contributed by atoms with van der Waals surface area (Å²) in [5, 5.41) is 17.7. The van der Waals surface area contributed by atoms with Gasteiger partial charge < -0.3 is 10.2 Å². The molecule has 0 saturated heterocycles. The molecule has 0 bridgehead atoms. The SMILES string of the molecule is Cc1cccc(C(=O)CN(CCO)CCO)c1. The molecule has 0 radical (unpaired) electrons. The van der Waals surface area contributed by atoms with Crippen LogP contribution < -0.4 is 0 Å². The molecule has 0 unspecified atom stereocenters. The molecule has 0 aliphatic carbocycles. The van der Waals surface area contributed by atoms with Gasteiger partial charge in [-0.05, 0) is 13.0 Å². The highest BCUT2D eigenvalue weighted by atomic mass is 16.3. The van der Waals surface area contributed by atoms with E-state index in [4.69, 9.17) is 10.2 Å². The molecule has 4 nitrogen and oxygen atoms in total. The summed E-state index contributed by atoms with van der Waals surface area (Å²) >= 11 is 0. The molecule has 17 heavy (non-hydrogen) atoms. The lowest BCUT2D eigenvalue weighted by atomic mass is 10.1. The largest absolute Gasteiger partial charge is 0.395 e. The molecule has 0 aliphatic rings. The van der Waals surface area contributed by atoms with Crippen molar-refractivity contribution in [3.8, 4) is 0 Å². The monoisotopic (exact) mass is 237 g/mol.